The first-order chi connectivity index (χ1) is 5.63. The molecule has 1 aromatic heterocycles. The maximum atomic E-state index is 8.22. The van der Waals surface area contributed by atoms with E-state index in [1.807, 2.05) is 0 Å². The fourth-order valence-corrected chi connectivity index (χ4v) is 0.848. The summed E-state index contributed by atoms with van der Waals surface area (Å²) in [6.07, 6.45) is 0.0829. The highest BCUT2D eigenvalue weighted by Crippen LogP contribution is 2.17. The van der Waals surface area contributed by atoms with E-state index in [0.717, 1.165) is 0 Å². The number of amidine groups is 1. The smallest absolute Gasteiger partial charge is 0.293 e. The minimum Gasteiger partial charge on any atom is -0.427 e. The predicted octanol–water partition coefficient (Wildman–Crippen LogP) is 0.199. The molecule has 0 aromatic carbocycles. The zero-order valence-corrected chi connectivity index (χ0v) is 6.75. The van der Waals surface area contributed by atoms with Crippen molar-refractivity contribution in [3.05, 3.63) is 10.9 Å². The lowest BCUT2D eigenvalue weighted by molar-refractivity contribution is 0.317. The van der Waals surface area contributed by atoms with Crippen molar-refractivity contribution >= 4 is 23.5 Å². The highest BCUT2D eigenvalue weighted by molar-refractivity contribution is 6.30. The van der Waals surface area contributed by atoms with Crippen LogP contribution in [0, 0.1) is 0 Å². The topological polar surface area (TPSA) is 111 Å². The normalized spacial score (nSPS) is 11.9. The van der Waals surface area contributed by atoms with Gasteiger partial charge in [-0.15, -0.1) is 0 Å². The molecule has 12 heavy (non-hydrogen) atoms. The summed E-state index contributed by atoms with van der Waals surface area (Å²) < 4.78 is 4.85. The predicted molar refractivity (Wildman–Crippen MR) is 43.0 cm³/mol. The van der Waals surface area contributed by atoms with Gasteiger partial charge in [-0.1, -0.05) is 16.8 Å². The van der Waals surface area contributed by atoms with E-state index in [0.29, 0.717) is 0 Å². The van der Waals surface area contributed by atoms with Crippen LogP contribution in [0.2, 0.25) is 5.15 Å². The molecule has 0 spiro atoms. The van der Waals surface area contributed by atoms with Gasteiger partial charge in [0.05, 0.1) is 6.42 Å². The van der Waals surface area contributed by atoms with Crippen LogP contribution in [-0.2, 0) is 6.42 Å². The summed E-state index contributed by atoms with van der Waals surface area (Å²) in [5.74, 6) is 0.262. The number of oxime groups is 1. The number of nitrogens with zero attached hydrogens (tertiary/aromatic N) is 2. The molecule has 0 saturated carbocycles. The molecule has 0 fully saturated rings. The molecular formula is C5H7ClN4O2. The number of rotatable bonds is 2. The number of hydrogen-bond acceptors (Lipinski definition) is 5. The summed E-state index contributed by atoms with van der Waals surface area (Å²) in [7, 11) is 0. The Labute approximate surface area is 72.8 Å². The molecule has 0 bridgehead atoms. The van der Waals surface area contributed by atoms with Crippen molar-refractivity contribution in [1.29, 1.82) is 0 Å². The lowest BCUT2D eigenvalue weighted by Crippen LogP contribution is -2.14. The standard InChI is InChI=1S/C5H7ClN4O2/c6-4-2(1-3(7)10-11)12-5(8)9-4/h11H,1H2,(H2,7,10)(H2,8,9). The van der Waals surface area contributed by atoms with Crippen molar-refractivity contribution in [1.82, 2.24) is 4.98 Å². The van der Waals surface area contributed by atoms with Gasteiger partial charge >= 0.3 is 0 Å². The Balaban J connectivity index is 2.82. The van der Waals surface area contributed by atoms with Crippen LogP contribution in [0.25, 0.3) is 0 Å². The first kappa shape index (κ1) is 8.66. The van der Waals surface area contributed by atoms with Gasteiger partial charge in [-0.05, 0) is 0 Å². The molecule has 0 aliphatic heterocycles. The molecule has 1 rings (SSSR count). The van der Waals surface area contributed by atoms with E-state index in [2.05, 4.69) is 10.1 Å². The second-order valence-corrected chi connectivity index (χ2v) is 2.39. The SMILES string of the molecule is N/C(Cc1oc(N)nc1Cl)=N\O. The molecule has 6 nitrogen and oxygen atoms in total. The van der Waals surface area contributed by atoms with Gasteiger partial charge in [0.1, 0.15) is 5.84 Å². The van der Waals surface area contributed by atoms with Crippen molar-refractivity contribution in [2.24, 2.45) is 10.9 Å². The van der Waals surface area contributed by atoms with Gasteiger partial charge in [-0.2, -0.15) is 4.98 Å². The minimum absolute atomic E-state index is 0.0203. The summed E-state index contributed by atoms with van der Waals surface area (Å²) in [6, 6.07) is -0.0410. The van der Waals surface area contributed by atoms with Crippen LogP contribution < -0.4 is 11.5 Å². The number of oxazole rings is 1. The Morgan fingerprint density at radius 3 is 2.83 bits per heavy atom. The van der Waals surface area contributed by atoms with Crippen LogP contribution in [-0.4, -0.2) is 16.0 Å². The third-order valence-electron chi connectivity index (χ3n) is 1.14. The Morgan fingerprint density at radius 2 is 2.42 bits per heavy atom. The highest BCUT2D eigenvalue weighted by atomic mass is 35.5. The van der Waals surface area contributed by atoms with Crippen molar-refractivity contribution < 1.29 is 9.62 Å². The Hall–Kier alpha value is -1.43. The molecule has 0 aliphatic carbocycles. The molecule has 0 radical (unpaired) electrons. The fourth-order valence-electron chi connectivity index (χ4n) is 0.659. The first-order valence-electron chi connectivity index (χ1n) is 3.00. The van der Waals surface area contributed by atoms with Crippen molar-refractivity contribution in [2.75, 3.05) is 5.73 Å². The molecular weight excluding hydrogens is 184 g/mol. The molecule has 0 aliphatic rings. The van der Waals surface area contributed by atoms with Crippen LogP contribution in [0.15, 0.2) is 9.57 Å². The zero-order valence-electron chi connectivity index (χ0n) is 5.99. The molecule has 1 heterocycles. The number of nitrogen functional groups attached to an aromatic ring is 1. The van der Waals surface area contributed by atoms with E-state index in [9.17, 15) is 0 Å². The Morgan fingerprint density at radius 1 is 1.75 bits per heavy atom. The van der Waals surface area contributed by atoms with Crippen LogP contribution in [0.5, 0.6) is 0 Å². The molecule has 0 unspecified atom stereocenters. The number of halogens is 1. The second-order valence-electron chi connectivity index (χ2n) is 2.03. The minimum atomic E-state index is -0.0410. The summed E-state index contributed by atoms with van der Waals surface area (Å²) in [5, 5.41) is 11.1. The van der Waals surface area contributed by atoms with Gasteiger partial charge in [-0.25, -0.2) is 0 Å². The number of nitrogens with two attached hydrogens (primary N) is 2. The Kier molecular flexibility index (Phi) is 2.39. The van der Waals surface area contributed by atoms with E-state index in [1.165, 1.54) is 0 Å². The lowest BCUT2D eigenvalue weighted by Gasteiger charge is -1.92. The zero-order chi connectivity index (χ0) is 9.14. The van der Waals surface area contributed by atoms with Crippen LogP contribution in [0.1, 0.15) is 5.76 Å². The first-order valence-corrected chi connectivity index (χ1v) is 3.38. The number of aromatic nitrogens is 1. The molecule has 7 heteroatoms. The van der Waals surface area contributed by atoms with Crippen molar-refractivity contribution in [2.45, 2.75) is 6.42 Å². The van der Waals surface area contributed by atoms with Gasteiger partial charge in [0.15, 0.2) is 10.9 Å². The Bertz CT molecular complexity index is 308. The number of anilines is 1. The monoisotopic (exact) mass is 190 g/mol. The van der Waals surface area contributed by atoms with E-state index in [1.54, 1.807) is 0 Å². The molecule has 0 atom stereocenters. The van der Waals surface area contributed by atoms with E-state index in [-0.39, 0.29) is 29.2 Å². The fraction of sp³-hybridized carbons (Fsp3) is 0.200. The summed E-state index contributed by atoms with van der Waals surface area (Å²) in [5.41, 5.74) is 10.4. The van der Waals surface area contributed by atoms with E-state index >= 15 is 0 Å². The third-order valence-corrected chi connectivity index (χ3v) is 1.43. The molecule has 5 N–H and O–H groups in total. The van der Waals surface area contributed by atoms with Gasteiger partial charge in [0, 0.05) is 0 Å². The van der Waals surface area contributed by atoms with Crippen molar-refractivity contribution in [3.8, 4) is 0 Å². The van der Waals surface area contributed by atoms with Gasteiger partial charge in [-0.3, -0.25) is 0 Å². The maximum absolute atomic E-state index is 8.22. The summed E-state index contributed by atoms with van der Waals surface area (Å²) >= 11 is 5.57. The summed E-state index contributed by atoms with van der Waals surface area (Å²) in [4.78, 5) is 3.58. The average Bonchev–Trinajstić information content (AvgIpc) is 2.30. The largest absolute Gasteiger partial charge is 0.427 e. The van der Waals surface area contributed by atoms with Gasteiger partial charge < -0.3 is 21.1 Å². The summed E-state index contributed by atoms with van der Waals surface area (Å²) in [6.45, 7) is 0. The van der Waals surface area contributed by atoms with E-state index in [4.69, 9.17) is 32.7 Å². The average molecular weight is 191 g/mol. The third kappa shape index (κ3) is 1.79. The molecule has 0 amide bonds. The van der Waals surface area contributed by atoms with Crippen molar-refractivity contribution in [3.63, 3.8) is 0 Å². The van der Waals surface area contributed by atoms with Gasteiger partial charge in [0.25, 0.3) is 6.01 Å². The highest BCUT2D eigenvalue weighted by Gasteiger charge is 2.10. The van der Waals surface area contributed by atoms with Crippen LogP contribution >= 0.6 is 11.6 Å². The lowest BCUT2D eigenvalue weighted by atomic mass is 10.3. The van der Waals surface area contributed by atoms with Crippen LogP contribution in [0.4, 0.5) is 6.01 Å². The second kappa shape index (κ2) is 3.31. The molecule has 0 saturated heterocycles. The molecule has 1 aromatic rings. The van der Waals surface area contributed by atoms with Gasteiger partial charge in [0.2, 0.25) is 0 Å². The molecule has 66 valence electrons. The maximum Gasteiger partial charge on any atom is 0.293 e. The quantitative estimate of drug-likeness (QED) is 0.267. The van der Waals surface area contributed by atoms with Crippen LogP contribution in [0.3, 0.4) is 0 Å². The number of hydrogen-bond donors (Lipinski definition) is 3. The van der Waals surface area contributed by atoms with E-state index < -0.39 is 0 Å².